The molecule has 0 nitrogen and oxygen atoms in total. The molecule has 0 fully saturated rings. The van der Waals surface area contributed by atoms with E-state index in [0.717, 1.165) is 0 Å². The molecule has 1 heteroatoms. The summed E-state index contributed by atoms with van der Waals surface area (Å²) in [7, 11) is 0. The molecular weight excluding hydrogens is 645 g/mol. The fourth-order valence-corrected chi connectivity index (χ4v) is 10.4. The summed E-state index contributed by atoms with van der Waals surface area (Å²) in [5.74, 6) is 0. The molecule has 0 saturated heterocycles. The third-order valence-electron chi connectivity index (χ3n) is 11.7. The Hall–Kier alpha value is -6.02. The second kappa shape index (κ2) is 11.0. The van der Waals surface area contributed by atoms with Crippen molar-refractivity contribution in [1.82, 2.24) is 0 Å². The van der Waals surface area contributed by atoms with Gasteiger partial charge in [0.25, 0.3) is 0 Å². The van der Waals surface area contributed by atoms with E-state index < -0.39 is 0 Å². The molecule has 0 aliphatic heterocycles. The van der Waals surface area contributed by atoms with Gasteiger partial charge in [-0.25, -0.2) is 0 Å². The highest BCUT2D eigenvalue weighted by Crippen LogP contribution is 2.52. The van der Waals surface area contributed by atoms with Gasteiger partial charge in [0.1, 0.15) is 0 Å². The van der Waals surface area contributed by atoms with Gasteiger partial charge in [0.15, 0.2) is 0 Å². The molecule has 1 aromatic heterocycles. The summed E-state index contributed by atoms with van der Waals surface area (Å²) >= 11 is 1.89. The molecule has 9 aromatic carbocycles. The molecule has 0 unspecified atom stereocenters. The zero-order valence-corrected chi connectivity index (χ0v) is 29.9. The summed E-state index contributed by atoms with van der Waals surface area (Å²) < 4.78 is 2.66. The van der Waals surface area contributed by atoms with Gasteiger partial charge in [-0.3, -0.25) is 0 Å². The van der Waals surface area contributed by atoms with Crippen molar-refractivity contribution in [3.05, 3.63) is 181 Å². The lowest BCUT2D eigenvalue weighted by atomic mass is 9.80. The Bertz CT molecular complexity index is 3090. The maximum absolute atomic E-state index is 2.49. The van der Waals surface area contributed by atoms with Crippen molar-refractivity contribution in [3.8, 4) is 44.5 Å². The number of fused-ring (bicyclic) bond motifs is 9. The molecule has 1 heterocycles. The molecular formula is C51H34S. The minimum atomic E-state index is -0.0861. The van der Waals surface area contributed by atoms with Crippen LogP contribution < -0.4 is 0 Å². The fraction of sp³-hybridized carbons (Fsp3) is 0.0588. The fourth-order valence-electron chi connectivity index (χ4n) is 9.27. The van der Waals surface area contributed by atoms with Crippen LogP contribution in [0, 0.1) is 0 Å². The first kappa shape index (κ1) is 29.7. The van der Waals surface area contributed by atoms with Crippen molar-refractivity contribution in [2.75, 3.05) is 0 Å². The van der Waals surface area contributed by atoms with Crippen LogP contribution in [0.2, 0.25) is 0 Å². The monoisotopic (exact) mass is 678 g/mol. The van der Waals surface area contributed by atoms with E-state index in [2.05, 4.69) is 184 Å². The van der Waals surface area contributed by atoms with Gasteiger partial charge in [-0.15, -0.1) is 11.3 Å². The molecule has 0 N–H and O–H groups in total. The molecule has 0 spiro atoms. The molecule has 0 atom stereocenters. The van der Waals surface area contributed by atoms with Gasteiger partial charge in [-0.2, -0.15) is 0 Å². The van der Waals surface area contributed by atoms with Crippen molar-refractivity contribution >= 4 is 63.8 Å². The molecule has 52 heavy (non-hydrogen) atoms. The number of benzene rings is 9. The number of hydrogen-bond acceptors (Lipinski definition) is 1. The lowest BCUT2D eigenvalue weighted by Gasteiger charge is -2.23. The summed E-state index contributed by atoms with van der Waals surface area (Å²) in [5.41, 5.74) is 13.1. The Kier molecular flexibility index (Phi) is 6.27. The third kappa shape index (κ3) is 4.15. The molecule has 244 valence electrons. The average molecular weight is 679 g/mol. The Morgan fingerprint density at radius 3 is 1.85 bits per heavy atom. The molecule has 11 rings (SSSR count). The van der Waals surface area contributed by atoms with Gasteiger partial charge in [-0.05, 0) is 112 Å². The van der Waals surface area contributed by atoms with E-state index in [-0.39, 0.29) is 5.41 Å². The minimum absolute atomic E-state index is 0.0861. The maximum Gasteiger partial charge on any atom is 0.0361 e. The van der Waals surface area contributed by atoms with E-state index in [4.69, 9.17) is 0 Å². The highest BCUT2D eigenvalue weighted by atomic mass is 32.1. The quantitative estimate of drug-likeness (QED) is 0.163. The number of thiophene rings is 1. The van der Waals surface area contributed by atoms with Gasteiger partial charge >= 0.3 is 0 Å². The molecule has 10 aromatic rings. The second-order valence-electron chi connectivity index (χ2n) is 14.8. The number of rotatable bonds is 3. The first-order valence-corrected chi connectivity index (χ1v) is 19.0. The second-order valence-corrected chi connectivity index (χ2v) is 15.9. The van der Waals surface area contributed by atoms with Crippen LogP contribution in [0.3, 0.4) is 0 Å². The average Bonchev–Trinajstić information content (AvgIpc) is 3.68. The molecule has 1 aliphatic carbocycles. The molecule has 0 amide bonds. The molecule has 0 saturated carbocycles. The van der Waals surface area contributed by atoms with Crippen LogP contribution in [-0.4, -0.2) is 0 Å². The highest BCUT2D eigenvalue weighted by Gasteiger charge is 2.35. The van der Waals surface area contributed by atoms with Crippen LogP contribution in [0.5, 0.6) is 0 Å². The van der Waals surface area contributed by atoms with Crippen LogP contribution in [-0.2, 0) is 5.41 Å². The van der Waals surface area contributed by atoms with E-state index in [9.17, 15) is 0 Å². The smallest absolute Gasteiger partial charge is 0.0361 e. The van der Waals surface area contributed by atoms with Crippen molar-refractivity contribution < 1.29 is 0 Å². The van der Waals surface area contributed by atoms with Crippen molar-refractivity contribution in [2.45, 2.75) is 19.3 Å². The molecule has 0 bridgehead atoms. The lowest BCUT2D eigenvalue weighted by Crippen LogP contribution is -2.14. The van der Waals surface area contributed by atoms with Crippen LogP contribution in [0.15, 0.2) is 170 Å². The van der Waals surface area contributed by atoms with Gasteiger partial charge in [-0.1, -0.05) is 159 Å². The van der Waals surface area contributed by atoms with Gasteiger partial charge in [0.05, 0.1) is 0 Å². The first-order valence-electron chi connectivity index (χ1n) is 18.2. The van der Waals surface area contributed by atoms with Crippen LogP contribution in [0.25, 0.3) is 97.0 Å². The van der Waals surface area contributed by atoms with Gasteiger partial charge in [0, 0.05) is 25.6 Å². The van der Waals surface area contributed by atoms with Gasteiger partial charge in [0.2, 0.25) is 0 Å². The van der Waals surface area contributed by atoms with E-state index >= 15 is 0 Å². The Balaban J connectivity index is 1.28. The predicted molar refractivity (Wildman–Crippen MR) is 226 cm³/mol. The first-order chi connectivity index (χ1) is 25.6. The Morgan fingerprint density at radius 1 is 0.365 bits per heavy atom. The summed E-state index contributed by atoms with van der Waals surface area (Å²) in [6.45, 7) is 4.76. The summed E-state index contributed by atoms with van der Waals surface area (Å²) in [4.78, 5) is 0. The normalized spacial score (nSPS) is 13.3. The van der Waals surface area contributed by atoms with Crippen LogP contribution in [0.1, 0.15) is 25.0 Å². The summed E-state index contributed by atoms with van der Waals surface area (Å²) in [5, 5.41) is 10.3. The topological polar surface area (TPSA) is 0 Å². The summed E-state index contributed by atoms with van der Waals surface area (Å²) in [6, 6.07) is 63.7. The van der Waals surface area contributed by atoms with E-state index in [0.29, 0.717) is 0 Å². The van der Waals surface area contributed by atoms with E-state index in [1.807, 2.05) is 11.3 Å². The SMILES string of the molecule is CC1(C)c2ccccc2-c2ccc(-c3c4ccccc4c(-c4cccc5sc6ccccc6c45)c4ccc(-c5cccc6ccccc56)cc34)cc21. The predicted octanol–water partition coefficient (Wildman–Crippen LogP) is 14.8. The standard InChI is InChI=1S/C51H34S/c1-51(2)44-22-9-7-16-36(44)37-27-26-33(30-45(37)51)48-38-17-5-6-18-39(38)49(42-21-12-24-47-50(42)41-19-8-10-23-46(41)52-47)40-28-25-32(29-43(40)48)35-20-11-14-31-13-3-4-15-34(31)35/h3-30H,1-2H3. The molecule has 0 radical (unpaired) electrons. The third-order valence-corrected chi connectivity index (χ3v) is 12.8. The van der Waals surface area contributed by atoms with Crippen molar-refractivity contribution in [3.63, 3.8) is 0 Å². The van der Waals surface area contributed by atoms with E-state index in [1.54, 1.807) is 0 Å². The lowest BCUT2D eigenvalue weighted by molar-refractivity contribution is 0.660. The van der Waals surface area contributed by atoms with Crippen LogP contribution in [0.4, 0.5) is 0 Å². The largest absolute Gasteiger partial charge is 0.135 e. The minimum Gasteiger partial charge on any atom is -0.135 e. The Morgan fingerprint density at radius 2 is 0.962 bits per heavy atom. The number of hydrogen-bond donors (Lipinski definition) is 0. The maximum atomic E-state index is 2.49. The van der Waals surface area contributed by atoms with Crippen molar-refractivity contribution in [2.24, 2.45) is 0 Å². The van der Waals surface area contributed by atoms with Gasteiger partial charge < -0.3 is 0 Å². The van der Waals surface area contributed by atoms with E-state index in [1.165, 1.54) is 108 Å². The Labute approximate surface area is 307 Å². The van der Waals surface area contributed by atoms with Crippen LogP contribution >= 0.6 is 11.3 Å². The summed E-state index contributed by atoms with van der Waals surface area (Å²) in [6.07, 6.45) is 0. The zero-order chi connectivity index (χ0) is 34.6. The highest BCUT2D eigenvalue weighted by molar-refractivity contribution is 7.25. The zero-order valence-electron chi connectivity index (χ0n) is 29.1. The molecule has 1 aliphatic rings. The van der Waals surface area contributed by atoms with Crippen molar-refractivity contribution in [1.29, 1.82) is 0 Å².